The Bertz CT molecular complexity index is 376. The van der Waals surface area contributed by atoms with E-state index in [2.05, 4.69) is 0 Å². The summed E-state index contributed by atoms with van der Waals surface area (Å²) in [5.41, 5.74) is -1.45. The molecule has 4 heteroatoms. The van der Waals surface area contributed by atoms with Gasteiger partial charge in [-0.15, -0.1) is 0 Å². The van der Waals surface area contributed by atoms with Crippen LogP contribution < -0.4 is 4.74 Å². The summed E-state index contributed by atoms with van der Waals surface area (Å²) in [5.74, 6) is -2.74. The van der Waals surface area contributed by atoms with Crippen molar-refractivity contribution in [2.45, 2.75) is 32.3 Å². The number of halogens is 2. The molecule has 0 aliphatic carbocycles. The Balaban J connectivity index is 3.51. The summed E-state index contributed by atoms with van der Waals surface area (Å²) >= 11 is 0. The van der Waals surface area contributed by atoms with Gasteiger partial charge in [-0.05, 0) is 19.9 Å². The van der Waals surface area contributed by atoms with Gasteiger partial charge in [-0.3, -0.25) is 0 Å². The molecule has 0 aromatic heterocycles. The SMILES string of the molecule is COc1cccc(C(C)(F)F)c1C(C)(C)O. The Morgan fingerprint density at radius 3 is 2.12 bits per heavy atom. The lowest BCUT2D eigenvalue weighted by atomic mass is 9.89. The van der Waals surface area contributed by atoms with E-state index in [-0.39, 0.29) is 16.9 Å². The van der Waals surface area contributed by atoms with Crippen LogP contribution in [-0.2, 0) is 11.5 Å². The molecular weight excluding hydrogens is 214 g/mol. The van der Waals surface area contributed by atoms with Crippen molar-refractivity contribution in [2.75, 3.05) is 7.11 Å². The van der Waals surface area contributed by atoms with Crippen LogP contribution in [0.3, 0.4) is 0 Å². The van der Waals surface area contributed by atoms with Crippen molar-refractivity contribution >= 4 is 0 Å². The van der Waals surface area contributed by atoms with Crippen molar-refractivity contribution in [3.05, 3.63) is 29.3 Å². The molecule has 0 amide bonds. The third kappa shape index (κ3) is 2.50. The molecule has 2 nitrogen and oxygen atoms in total. The highest BCUT2D eigenvalue weighted by Crippen LogP contribution is 2.40. The number of hydrogen-bond acceptors (Lipinski definition) is 2. The number of aliphatic hydroxyl groups is 1. The van der Waals surface area contributed by atoms with E-state index >= 15 is 0 Å². The highest BCUT2D eigenvalue weighted by Gasteiger charge is 2.34. The largest absolute Gasteiger partial charge is 0.496 e. The molecular formula is C12H16F2O2. The number of methoxy groups -OCH3 is 1. The minimum atomic E-state index is -3.01. The summed E-state index contributed by atoms with van der Waals surface area (Å²) in [6.07, 6.45) is 0. The normalized spacial score (nSPS) is 12.7. The van der Waals surface area contributed by atoms with Gasteiger partial charge < -0.3 is 9.84 Å². The lowest BCUT2D eigenvalue weighted by Crippen LogP contribution is -2.23. The number of ether oxygens (including phenoxy) is 1. The fourth-order valence-electron chi connectivity index (χ4n) is 1.70. The predicted octanol–water partition coefficient (Wildman–Crippen LogP) is 3.03. The molecule has 0 heterocycles. The van der Waals surface area contributed by atoms with Crippen molar-refractivity contribution in [3.63, 3.8) is 0 Å². The zero-order valence-electron chi connectivity index (χ0n) is 9.84. The van der Waals surface area contributed by atoms with Gasteiger partial charge in [0, 0.05) is 18.1 Å². The van der Waals surface area contributed by atoms with Gasteiger partial charge in [0.1, 0.15) is 5.75 Å². The first-order valence-corrected chi connectivity index (χ1v) is 4.96. The molecule has 1 N–H and O–H groups in total. The molecule has 0 aliphatic heterocycles. The van der Waals surface area contributed by atoms with E-state index in [1.165, 1.54) is 33.1 Å². The molecule has 0 unspecified atom stereocenters. The summed E-state index contributed by atoms with van der Waals surface area (Å²) in [6, 6.07) is 4.35. The van der Waals surface area contributed by atoms with Gasteiger partial charge in [-0.2, -0.15) is 0 Å². The average Bonchev–Trinajstić information content (AvgIpc) is 2.13. The minimum Gasteiger partial charge on any atom is -0.496 e. The minimum absolute atomic E-state index is 0.130. The zero-order chi connectivity index (χ0) is 12.6. The Kier molecular flexibility index (Phi) is 3.24. The lowest BCUT2D eigenvalue weighted by Gasteiger charge is -2.26. The molecule has 0 bridgehead atoms. The second-order valence-corrected chi connectivity index (χ2v) is 4.33. The van der Waals surface area contributed by atoms with Gasteiger partial charge in [0.2, 0.25) is 0 Å². The zero-order valence-corrected chi connectivity index (χ0v) is 9.84. The number of benzene rings is 1. The van der Waals surface area contributed by atoms with E-state index in [4.69, 9.17) is 4.74 Å². The summed E-state index contributed by atoms with van der Waals surface area (Å²) < 4.78 is 31.8. The first kappa shape index (κ1) is 12.9. The predicted molar refractivity (Wildman–Crippen MR) is 57.8 cm³/mol. The summed E-state index contributed by atoms with van der Waals surface area (Å²) in [6.45, 7) is 3.72. The molecule has 1 rings (SSSR count). The van der Waals surface area contributed by atoms with Crippen molar-refractivity contribution < 1.29 is 18.6 Å². The molecule has 1 aromatic rings. The van der Waals surface area contributed by atoms with Crippen LogP contribution in [0.1, 0.15) is 31.9 Å². The van der Waals surface area contributed by atoms with E-state index in [0.29, 0.717) is 0 Å². The van der Waals surface area contributed by atoms with Crippen LogP contribution in [0, 0.1) is 0 Å². The van der Waals surface area contributed by atoms with Crippen molar-refractivity contribution in [1.82, 2.24) is 0 Å². The topological polar surface area (TPSA) is 29.5 Å². The Labute approximate surface area is 93.9 Å². The fraction of sp³-hybridized carbons (Fsp3) is 0.500. The van der Waals surface area contributed by atoms with Gasteiger partial charge >= 0.3 is 0 Å². The lowest BCUT2D eigenvalue weighted by molar-refractivity contribution is 0.00656. The highest BCUT2D eigenvalue weighted by molar-refractivity contribution is 5.45. The molecule has 16 heavy (non-hydrogen) atoms. The molecule has 1 aromatic carbocycles. The maximum atomic E-state index is 13.4. The van der Waals surface area contributed by atoms with Crippen LogP contribution in [-0.4, -0.2) is 12.2 Å². The van der Waals surface area contributed by atoms with Crippen molar-refractivity contribution in [2.24, 2.45) is 0 Å². The van der Waals surface area contributed by atoms with Gasteiger partial charge in [0.25, 0.3) is 5.92 Å². The monoisotopic (exact) mass is 230 g/mol. The molecule has 0 radical (unpaired) electrons. The first-order valence-electron chi connectivity index (χ1n) is 4.96. The van der Waals surface area contributed by atoms with Crippen molar-refractivity contribution in [1.29, 1.82) is 0 Å². The molecule has 0 saturated carbocycles. The molecule has 0 aliphatic rings. The summed E-state index contributed by atoms with van der Waals surface area (Å²) in [5, 5.41) is 9.93. The van der Waals surface area contributed by atoms with E-state index < -0.39 is 11.5 Å². The number of hydrogen-bond donors (Lipinski definition) is 1. The van der Waals surface area contributed by atoms with Crippen LogP contribution >= 0.6 is 0 Å². The van der Waals surface area contributed by atoms with Gasteiger partial charge in [0.15, 0.2) is 0 Å². The van der Waals surface area contributed by atoms with Gasteiger partial charge in [-0.1, -0.05) is 12.1 Å². The summed E-state index contributed by atoms with van der Waals surface area (Å²) in [7, 11) is 1.39. The Hall–Kier alpha value is -1.16. The smallest absolute Gasteiger partial charge is 0.271 e. The highest BCUT2D eigenvalue weighted by atomic mass is 19.3. The van der Waals surface area contributed by atoms with Crippen LogP contribution in [0.15, 0.2) is 18.2 Å². The Morgan fingerprint density at radius 1 is 1.19 bits per heavy atom. The van der Waals surface area contributed by atoms with Crippen LogP contribution in [0.5, 0.6) is 5.75 Å². The van der Waals surface area contributed by atoms with Crippen LogP contribution in [0.4, 0.5) is 8.78 Å². The third-order valence-corrected chi connectivity index (χ3v) is 2.33. The molecule has 0 spiro atoms. The second-order valence-electron chi connectivity index (χ2n) is 4.33. The van der Waals surface area contributed by atoms with Crippen LogP contribution in [0.25, 0.3) is 0 Å². The number of alkyl halides is 2. The molecule has 90 valence electrons. The maximum absolute atomic E-state index is 13.4. The summed E-state index contributed by atoms with van der Waals surface area (Å²) in [4.78, 5) is 0. The molecule has 0 fully saturated rings. The Morgan fingerprint density at radius 2 is 1.75 bits per heavy atom. The van der Waals surface area contributed by atoms with E-state index in [1.807, 2.05) is 0 Å². The van der Waals surface area contributed by atoms with Gasteiger partial charge in [0.05, 0.1) is 12.7 Å². The van der Waals surface area contributed by atoms with E-state index in [0.717, 1.165) is 6.92 Å². The van der Waals surface area contributed by atoms with E-state index in [9.17, 15) is 13.9 Å². The first-order chi connectivity index (χ1) is 7.18. The average molecular weight is 230 g/mol. The quantitative estimate of drug-likeness (QED) is 0.864. The standard InChI is InChI=1S/C12H16F2O2/c1-11(2,15)10-8(12(3,13)14)6-5-7-9(10)16-4/h5-7,15H,1-4H3. The maximum Gasteiger partial charge on any atom is 0.271 e. The number of rotatable bonds is 3. The molecule has 0 saturated heterocycles. The second kappa shape index (κ2) is 4.01. The van der Waals surface area contributed by atoms with Crippen LogP contribution in [0.2, 0.25) is 0 Å². The van der Waals surface area contributed by atoms with E-state index in [1.54, 1.807) is 6.07 Å². The molecule has 0 atom stereocenters. The fourth-order valence-corrected chi connectivity index (χ4v) is 1.70. The third-order valence-electron chi connectivity index (χ3n) is 2.33. The van der Waals surface area contributed by atoms with Gasteiger partial charge in [-0.25, -0.2) is 8.78 Å². The van der Waals surface area contributed by atoms with Crippen molar-refractivity contribution in [3.8, 4) is 5.75 Å².